The number of benzene rings is 3. The molecule has 0 saturated heterocycles. The Labute approximate surface area is 213 Å². The first-order chi connectivity index (χ1) is 17.3. The quantitative estimate of drug-likeness (QED) is 0.310. The number of nitrogens with one attached hydrogen (secondary N) is 1. The van der Waals surface area contributed by atoms with Gasteiger partial charge in [-0.15, -0.1) is 10.2 Å². The van der Waals surface area contributed by atoms with E-state index >= 15 is 0 Å². The second-order valence-electron chi connectivity index (χ2n) is 9.09. The Hall–Kier alpha value is -3.91. The Morgan fingerprint density at radius 1 is 0.917 bits per heavy atom. The van der Waals surface area contributed by atoms with Gasteiger partial charge in [0.05, 0.1) is 21.8 Å². The maximum atomic E-state index is 13.5. The largest absolute Gasteiger partial charge is 0.325 e. The standard InChI is InChI=1S/C28H27N5O2S/c1-17(2)20-13-15-21(16-14-20)29-25(34)19(4)36-28-31-30-27-32(23-11-7-5-9-18(23)3)26(35)22-10-6-8-12-24(22)33(27)28/h5-17,19H,1-4H3,(H,29,34). The molecule has 0 bridgehead atoms. The molecule has 8 heteroatoms. The zero-order valence-electron chi connectivity index (χ0n) is 20.6. The molecule has 5 aromatic rings. The minimum Gasteiger partial charge on any atom is -0.325 e. The predicted octanol–water partition coefficient (Wildman–Crippen LogP) is 5.58. The van der Waals surface area contributed by atoms with E-state index in [2.05, 4.69) is 29.4 Å². The maximum Gasteiger partial charge on any atom is 0.267 e. The lowest BCUT2D eigenvalue weighted by Crippen LogP contribution is -2.24. The van der Waals surface area contributed by atoms with Crippen LogP contribution in [-0.2, 0) is 4.79 Å². The van der Waals surface area contributed by atoms with E-state index in [9.17, 15) is 9.59 Å². The van der Waals surface area contributed by atoms with Crippen molar-refractivity contribution in [2.45, 2.75) is 44.0 Å². The Morgan fingerprint density at radius 3 is 2.33 bits per heavy atom. The molecule has 7 nitrogen and oxygen atoms in total. The number of para-hydroxylation sites is 2. The fourth-order valence-corrected chi connectivity index (χ4v) is 5.05. The Balaban J connectivity index is 1.53. The molecule has 0 saturated carbocycles. The van der Waals surface area contributed by atoms with Gasteiger partial charge in [0.2, 0.25) is 11.7 Å². The van der Waals surface area contributed by atoms with Gasteiger partial charge in [-0.3, -0.25) is 14.0 Å². The molecule has 0 spiro atoms. The van der Waals surface area contributed by atoms with Crippen molar-refractivity contribution in [2.75, 3.05) is 5.32 Å². The number of thioether (sulfide) groups is 1. The number of carbonyl (C=O) groups excluding carboxylic acids is 1. The highest BCUT2D eigenvalue weighted by atomic mass is 32.2. The fraction of sp³-hybridized carbons (Fsp3) is 0.214. The average Bonchev–Trinajstić information content (AvgIpc) is 3.28. The van der Waals surface area contributed by atoms with Crippen LogP contribution < -0.4 is 10.9 Å². The van der Waals surface area contributed by atoms with Gasteiger partial charge in [0.15, 0.2) is 5.16 Å². The second kappa shape index (κ2) is 9.62. The fourth-order valence-electron chi connectivity index (χ4n) is 4.19. The number of hydrogen-bond donors (Lipinski definition) is 1. The Bertz CT molecular complexity index is 1640. The molecule has 0 aliphatic rings. The number of carbonyl (C=O) groups is 1. The average molecular weight is 498 g/mol. The first-order valence-electron chi connectivity index (χ1n) is 11.9. The normalized spacial score (nSPS) is 12.4. The van der Waals surface area contributed by atoms with E-state index in [1.165, 1.54) is 17.3 Å². The molecular formula is C28H27N5O2S. The highest BCUT2D eigenvalue weighted by Gasteiger charge is 2.22. The van der Waals surface area contributed by atoms with E-state index in [4.69, 9.17) is 0 Å². The Kier molecular flexibility index (Phi) is 6.36. The smallest absolute Gasteiger partial charge is 0.267 e. The van der Waals surface area contributed by atoms with Crippen LogP contribution in [0.1, 0.15) is 37.8 Å². The molecule has 1 unspecified atom stereocenters. The van der Waals surface area contributed by atoms with Crippen LogP contribution in [0.4, 0.5) is 5.69 Å². The SMILES string of the molecule is Cc1ccccc1-n1c(=O)c2ccccc2n2c(SC(C)C(=O)Nc3ccc(C(C)C)cc3)nnc12. The van der Waals surface area contributed by atoms with Gasteiger partial charge < -0.3 is 5.32 Å². The summed E-state index contributed by atoms with van der Waals surface area (Å²) in [5.41, 5.74) is 4.21. The molecule has 3 aromatic carbocycles. The monoisotopic (exact) mass is 497 g/mol. The van der Waals surface area contributed by atoms with Gasteiger partial charge in [0, 0.05) is 5.69 Å². The van der Waals surface area contributed by atoms with Crippen LogP contribution in [0.15, 0.2) is 82.7 Å². The van der Waals surface area contributed by atoms with Crippen LogP contribution in [0.2, 0.25) is 0 Å². The predicted molar refractivity (Wildman–Crippen MR) is 145 cm³/mol. The van der Waals surface area contributed by atoms with Crippen LogP contribution in [0, 0.1) is 6.92 Å². The highest BCUT2D eigenvalue weighted by Crippen LogP contribution is 2.27. The van der Waals surface area contributed by atoms with Crippen molar-refractivity contribution < 1.29 is 4.79 Å². The topological polar surface area (TPSA) is 81.3 Å². The van der Waals surface area contributed by atoms with Gasteiger partial charge in [-0.25, -0.2) is 4.57 Å². The first-order valence-corrected chi connectivity index (χ1v) is 12.8. The maximum absolute atomic E-state index is 13.5. The van der Waals surface area contributed by atoms with E-state index in [0.29, 0.717) is 27.8 Å². The third kappa shape index (κ3) is 4.28. The van der Waals surface area contributed by atoms with Crippen molar-refractivity contribution in [2.24, 2.45) is 0 Å². The first kappa shape index (κ1) is 23.8. The lowest BCUT2D eigenvalue weighted by molar-refractivity contribution is -0.115. The summed E-state index contributed by atoms with van der Waals surface area (Å²) in [5, 5.41) is 12.4. The number of hydrogen-bond acceptors (Lipinski definition) is 5. The summed E-state index contributed by atoms with van der Waals surface area (Å²) in [6, 6.07) is 23.0. The number of fused-ring (bicyclic) bond motifs is 3. The van der Waals surface area contributed by atoms with Crippen molar-refractivity contribution >= 4 is 40.0 Å². The van der Waals surface area contributed by atoms with E-state index in [0.717, 1.165) is 16.9 Å². The van der Waals surface area contributed by atoms with E-state index in [1.54, 1.807) is 10.6 Å². The van der Waals surface area contributed by atoms with Crippen molar-refractivity contribution in [3.63, 3.8) is 0 Å². The van der Waals surface area contributed by atoms with Crippen molar-refractivity contribution in [1.82, 2.24) is 19.2 Å². The summed E-state index contributed by atoms with van der Waals surface area (Å²) in [6.07, 6.45) is 0. The number of amides is 1. The molecular weight excluding hydrogens is 470 g/mol. The summed E-state index contributed by atoms with van der Waals surface area (Å²) in [5.74, 6) is 0.704. The van der Waals surface area contributed by atoms with Crippen LogP contribution in [0.5, 0.6) is 0 Å². The van der Waals surface area contributed by atoms with Crippen molar-refractivity contribution in [1.29, 1.82) is 0 Å². The minimum absolute atomic E-state index is 0.134. The van der Waals surface area contributed by atoms with Gasteiger partial charge in [0.25, 0.3) is 5.56 Å². The molecule has 5 rings (SSSR count). The molecule has 0 aliphatic carbocycles. The number of rotatable bonds is 6. The van der Waals surface area contributed by atoms with E-state index in [1.807, 2.05) is 85.0 Å². The molecule has 1 amide bonds. The van der Waals surface area contributed by atoms with Crippen LogP contribution in [-0.4, -0.2) is 30.3 Å². The van der Waals surface area contributed by atoms with Crippen molar-refractivity contribution in [3.8, 4) is 5.69 Å². The molecule has 182 valence electrons. The summed E-state index contributed by atoms with van der Waals surface area (Å²) < 4.78 is 3.45. The molecule has 0 radical (unpaired) electrons. The van der Waals surface area contributed by atoms with Crippen LogP contribution in [0.25, 0.3) is 22.4 Å². The summed E-state index contributed by atoms with van der Waals surface area (Å²) in [7, 11) is 0. The summed E-state index contributed by atoms with van der Waals surface area (Å²) >= 11 is 1.31. The molecule has 1 N–H and O–H groups in total. The molecule has 2 heterocycles. The Morgan fingerprint density at radius 2 is 1.61 bits per heavy atom. The van der Waals surface area contributed by atoms with Gasteiger partial charge in [-0.05, 0) is 61.2 Å². The lowest BCUT2D eigenvalue weighted by Gasteiger charge is -2.14. The van der Waals surface area contributed by atoms with Crippen molar-refractivity contribution in [3.05, 3.63) is 94.3 Å². The minimum atomic E-state index is -0.445. The van der Waals surface area contributed by atoms with E-state index in [-0.39, 0.29) is 11.5 Å². The third-order valence-electron chi connectivity index (χ3n) is 6.25. The lowest BCUT2D eigenvalue weighted by atomic mass is 10.0. The zero-order valence-corrected chi connectivity index (χ0v) is 21.4. The number of nitrogens with zero attached hydrogens (tertiary/aromatic N) is 4. The highest BCUT2D eigenvalue weighted by molar-refractivity contribution is 8.00. The summed E-state index contributed by atoms with van der Waals surface area (Å²) in [6.45, 7) is 8.07. The van der Waals surface area contributed by atoms with Gasteiger partial charge in [-0.2, -0.15) is 0 Å². The number of aryl methyl sites for hydroxylation is 1. The van der Waals surface area contributed by atoms with E-state index < -0.39 is 5.25 Å². The molecule has 0 fully saturated rings. The molecule has 2 aromatic heterocycles. The van der Waals surface area contributed by atoms with Crippen LogP contribution >= 0.6 is 11.8 Å². The number of anilines is 1. The number of aromatic nitrogens is 4. The summed E-state index contributed by atoms with van der Waals surface area (Å²) in [4.78, 5) is 26.5. The second-order valence-corrected chi connectivity index (χ2v) is 10.4. The molecule has 0 aliphatic heterocycles. The molecule has 1 atom stereocenters. The van der Waals surface area contributed by atoms with Gasteiger partial charge in [0.1, 0.15) is 0 Å². The third-order valence-corrected chi connectivity index (χ3v) is 7.29. The molecule has 36 heavy (non-hydrogen) atoms. The zero-order chi connectivity index (χ0) is 25.4. The van der Waals surface area contributed by atoms with Gasteiger partial charge >= 0.3 is 0 Å². The van der Waals surface area contributed by atoms with Gasteiger partial charge in [-0.1, -0.05) is 68.1 Å². The van der Waals surface area contributed by atoms with Crippen LogP contribution in [0.3, 0.4) is 0 Å².